The van der Waals surface area contributed by atoms with Crippen LogP contribution in [0.2, 0.25) is 0 Å². The third kappa shape index (κ3) is 3.43. The van der Waals surface area contributed by atoms with E-state index in [2.05, 4.69) is 4.98 Å². The SMILES string of the molecule is CC/C=C/C(C)(OC)[C@@H](O)[C@@H](F)n1ccc(N)nc1=O. The number of nitrogens with two attached hydrogens (primary N) is 1. The molecule has 20 heavy (non-hydrogen) atoms. The third-order valence-corrected chi connectivity index (χ3v) is 3.09. The number of hydrogen-bond donors (Lipinski definition) is 2. The molecule has 0 aromatic carbocycles. The van der Waals surface area contributed by atoms with E-state index >= 15 is 0 Å². The Morgan fingerprint density at radius 2 is 2.35 bits per heavy atom. The van der Waals surface area contributed by atoms with E-state index in [1.807, 2.05) is 6.92 Å². The van der Waals surface area contributed by atoms with Gasteiger partial charge in [-0.25, -0.2) is 9.18 Å². The zero-order valence-corrected chi connectivity index (χ0v) is 11.8. The topological polar surface area (TPSA) is 90.4 Å². The van der Waals surface area contributed by atoms with Crippen LogP contribution in [0.15, 0.2) is 29.2 Å². The maximum Gasteiger partial charge on any atom is 0.351 e. The molecule has 7 heteroatoms. The first kappa shape index (κ1) is 16.3. The Labute approximate surface area is 116 Å². The highest BCUT2D eigenvalue weighted by molar-refractivity contribution is 5.23. The Hall–Kier alpha value is -1.73. The van der Waals surface area contributed by atoms with Gasteiger partial charge in [0.15, 0.2) is 0 Å². The molecule has 1 rings (SSSR count). The molecule has 0 fully saturated rings. The first-order valence-electron chi connectivity index (χ1n) is 6.25. The third-order valence-electron chi connectivity index (χ3n) is 3.09. The minimum Gasteiger partial charge on any atom is -0.385 e. The van der Waals surface area contributed by atoms with Crippen LogP contribution in [0, 0.1) is 0 Å². The number of nitrogen functional groups attached to an aromatic ring is 1. The van der Waals surface area contributed by atoms with Gasteiger partial charge in [0, 0.05) is 13.3 Å². The number of nitrogens with zero attached hydrogens (tertiary/aromatic N) is 2. The lowest BCUT2D eigenvalue weighted by atomic mass is 9.96. The summed E-state index contributed by atoms with van der Waals surface area (Å²) in [7, 11) is 1.36. The van der Waals surface area contributed by atoms with Gasteiger partial charge in [-0.05, 0) is 19.4 Å². The second-order valence-electron chi connectivity index (χ2n) is 4.56. The Morgan fingerprint density at radius 1 is 1.70 bits per heavy atom. The maximum atomic E-state index is 14.3. The fourth-order valence-corrected chi connectivity index (χ4v) is 1.68. The molecule has 0 aliphatic rings. The molecule has 6 nitrogen and oxygen atoms in total. The van der Waals surface area contributed by atoms with Crippen molar-refractivity contribution in [2.45, 2.75) is 38.3 Å². The molecule has 0 radical (unpaired) electrons. The van der Waals surface area contributed by atoms with E-state index in [0.717, 1.165) is 6.20 Å². The van der Waals surface area contributed by atoms with Crippen LogP contribution in [0.1, 0.15) is 26.6 Å². The average Bonchev–Trinajstić information content (AvgIpc) is 2.43. The van der Waals surface area contributed by atoms with Crippen LogP contribution in [-0.4, -0.2) is 33.5 Å². The molecule has 0 saturated carbocycles. The van der Waals surface area contributed by atoms with Gasteiger partial charge in [-0.1, -0.05) is 19.1 Å². The van der Waals surface area contributed by atoms with Crippen molar-refractivity contribution in [1.29, 1.82) is 0 Å². The van der Waals surface area contributed by atoms with Crippen molar-refractivity contribution in [3.63, 3.8) is 0 Å². The molecule has 1 heterocycles. The minimum atomic E-state index is -2.00. The fraction of sp³-hybridized carbons (Fsp3) is 0.538. The fourth-order valence-electron chi connectivity index (χ4n) is 1.68. The molecule has 3 N–H and O–H groups in total. The normalized spacial score (nSPS) is 17.9. The summed E-state index contributed by atoms with van der Waals surface area (Å²) >= 11 is 0. The van der Waals surface area contributed by atoms with Crippen molar-refractivity contribution in [3.8, 4) is 0 Å². The zero-order valence-electron chi connectivity index (χ0n) is 11.8. The van der Waals surface area contributed by atoms with E-state index in [1.54, 1.807) is 12.2 Å². The number of aliphatic hydroxyl groups excluding tert-OH is 1. The molecule has 112 valence electrons. The number of anilines is 1. The van der Waals surface area contributed by atoms with Crippen LogP contribution < -0.4 is 11.4 Å². The summed E-state index contributed by atoms with van der Waals surface area (Å²) < 4.78 is 20.2. The summed E-state index contributed by atoms with van der Waals surface area (Å²) in [6.45, 7) is 3.44. The molecule has 3 atom stereocenters. The highest BCUT2D eigenvalue weighted by atomic mass is 19.1. The van der Waals surface area contributed by atoms with Crippen LogP contribution in [0.5, 0.6) is 0 Å². The second kappa shape index (κ2) is 6.62. The Morgan fingerprint density at radius 3 is 2.85 bits per heavy atom. The highest BCUT2D eigenvalue weighted by Crippen LogP contribution is 2.26. The molecule has 1 aromatic heterocycles. The number of methoxy groups -OCH3 is 1. The molecule has 0 aliphatic carbocycles. The van der Waals surface area contributed by atoms with E-state index in [-0.39, 0.29) is 5.82 Å². The van der Waals surface area contributed by atoms with Crippen LogP contribution in [0.25, 0.3) is 0 Å². The zero-order chi connectivity index (χ0) is 15.3. The average molecular weight is 285 g/mol. The maximum absolute atomic E-state index is 14.3. The smallest absolute Gasteiger partial charge is 0.351 e. The van der Waals surface area contributed by atoms with Gasteiger partial charge in [0.05, 0.1) is 0 Å². The standard InChI is InChI=1S/C13H20FN3O3/c1-4-5-7-13(2,20-3)10(18)11(14)17-8-6-9(15)16-12(17)19/h5-8,10-11,18H,4H2,1-3H3,(H2,15,16,19)/b7-5+/t10-,11-,13?/m0/s1. The van der Waals surface area contributed by atoms with Gasteiger partial charge in [0.1, 0.15) is 17.5 Å². The van der Waals surface area contributed by atoms with E-state index in [1.165, 1.54) is 20.1 Å². The van der Waals surface area contributed by atoms with Gasteiger partial charge in [-0.2, -0.15) is 4.98 Å². The van der Waals surface area contributed by atoms with Crippen LogP contribution >= 0.6 is 0 Å². The lowest BCUT2D eigenvalue weighted by molar-refractivity contribution is -0.108. The predicted molar refractivity (Wildman–Crippen MR) is 73.9 cm³/mol. The quantitative estimate of drug-likeness (QED) is 0.762. The van der Waals surface area contributed by atoms with Crippen molar-refractivity contribution in [3.05, 3.63) is 34.9 Å². The van der Waals surface area contributed by atoms with Crippen LogP contribution in [0.3, 0.4) is 0 Å². The summed E-state index contributed by atoms with van der Waals surface area (Å²) in [6.07, 6.45) is 1.62. The van der Waals surface area contributed by atoms with Gasteiger partial charge in [0.25, 0.3) is 0 Å². The first-order valence-corrected chi connectivity index (χ1v) is 6.25. The van der Waals surface area contributed by atoms with Gasteiger partial charge < -0.3 is 15.6 Å². The summed E-state index contributed by atoms with van der Waals surface area (Å²) in [4.78, 5) is 15.0. The van der Waals surface area contributed by atoms with E-state index in [0.29, 0.717) is 11.0 Å². The van der Waals surface area contributed by atoms with E-state index < -0.39 is 23.7 Å². The summed E-state index contributed by atoms with van der Waals surface area (Å²) in [6, 6.07) is 1.28. The number of ether oxygens (including phenoxy) is 1. The van der Waals surface area contributed by atoms with Gasteiger partial charge in [0.2, 0.25) is 6.30 Å². The van der Waals surface area contributed by atoms with Crippen molar-refractivity contribution in [2.75, 3.05) is 12.8 Å². The number of allylic oxidation sites excluding steroid dienone is 1. The monoisotopic (exact) mass is 285 g/mol. The summed E-state index contributed by atoms with van der Waals surface area (Å²) in [5.74, 6) is -0.00618. The number of aromatic nitrogens is 2. The Balaban J connectivity index is 3.08. The second-order valence-corrected chi connectivity index (χ2v) is 4.56. The Bertz CT molecular complexity index is 532. The number of alkyl halides is 1. The lowest BCUT2D eigenvalue weighted by Gasteiger charge is -2.32. The molecule has 0 aliphatic heterocycles. The van der Waals surface area contributed by atoms with E-state index in [9.17, 15) is 14.3 Å². The minimum absolute atomic E-state index is 0.00618. The van der Waals surface area contributed by atoms with Gasteiger partial charge in [-0.3, -0.25) is 4.57 Å². The highest BCUT2D eigenvalue weighted by Gasteiger charge is 2.38. The van der Waals surface area contributed by atoms with E-state index in [4.69, 9.17) is 10.5 Å². The molecule has 0 bridgehead atoms. The van der Waals surface area contributed by atoms with Crippen molar-refractivity contribution in [2.24, 2.45) is 0 Å². The van der Waals surface area contributed by atoms with Crippen molar-refractivity contribution < 1.29 is 14.2 Å². The van der Waals surface area contributed by atoms with Crippen LogP contribution in [0.4, 0.5) is 10.2 Å². The first-order chi connectivity index (χ1) is 9.35. The summed E-state index contributed by atoms with van der Waals surface area (Å²) in [5.41, 5.74) is 3.22. The molecule has 0 amide bonds. The predicted octanol–water partition coefficient (Wildman–Crippen LogP) is 1.03. The Kier molecular flexibility index (Phi) is 5.41. The number of hydrogen-bond acceptors (Lipinski definition) is 5. The van der Waals surface area contributed by atoms with Crippen molar-refractivity contribution >= 4 is 5.82 Å². The lowest BCUT2D eigenvalue weighted by Crippen LogP contribution is -2.46. The summed E-state index contributed by atoms with van der Waals surface area (Å²) in [5, 5.41) is 10.1. The molecule has 0 saturated heterocycles. The number of rotatable bonds is 6. The van der Waals surface area contributed by atoms with Gasteiger partial charge >= 0.3 is 5.69 Å². The van der Waals surface area contributed by atoms with Crippen LogP contribution in [-0.2, 0) is 4.74 Å². The molecular weight excluding hydrogens is 265 g/mol. The van der Waals surface area contributed by atoms with Crippen molar-refractivity contribution in [1.82, 2.24) is 9.55 Å². The number of halogens is 1. The largest absolute Gasteiger partial charge is 0.385 e. The number of aliphatic hydroxyl groups is 1. The molecule has 1 unspecified atom stereocenters. The molecular formula is C13H20FN3O3. The molecule has 1 aromatic rings. The molecule has 0 spiro atoms. The van der Waals surface area contributed by atoms with Gasteiger partial charge in [-0.15, -0.1) is 0 Å².